The molecule has 94 valence electrons. The molecule has 0 unspecified atom stereocenters. The highest BCUT2D eigenvalue weighted by molar-refractivity contribution is 5.74. The molecular weight excluding hydrogens is 228 g/mol. The Morgan fingerprint density at radius 3 is 2.41 bits per heavy atom. The van der Waals surface area contributed by atoms with Crippen LogP contribution in [0.15, 0.2) is 6.07 Å². The molecule has 1 aromatic rings. The van der Waals surface area contributed by atoms with Crippen molar-refractivity contribution in [2.75, 3.05) is 0 Å². The van der Waals surface area contributed by atoms with Gasteiger partial charge in [0.2, 0.25) is 0 Å². The first kappa shape index (κ1) is 13.6. The van der Waals surface area contributed by atoms with E-state index in [2.05, 4.69) is 0 Å². The highest BCUT2D eigenvalue weighted by Gasteiger charge is 2.27. The molecule has 17 heavy (non-hydrogen) atoms. The van der Waals surface area contributed by atoms with Gasteiger partial charge in [0.05, 0.1) is 0 Å². The largest absolute Gasteiger partial charge is 0.480 e. The highest BCUT2D eigenvalue weighted by atomic mass is 19.2. The quantitative estimate of drug-likeness (QED) is 0.854. The molecule has 0 fully saturated rings. The third kappa shape index (κ3) is 2.44. The molecule has 0 amide bonds. The summed E-state index contributed by atoms with van der Waals surface area (Å²) in [4.78, 5) is 10.8. The van der Waals surface area contributed by atoms with Gasteiger partial charge in [0, 0.05) is 5.92 Å². The van der Waals surface area contributed by atoms with Crippen molar-refractivity contribution in [1.82, 2.24) is 0 Å². The second-order valence-corrected chi connectivity index (χ2v) is 4.18. The summed E-state index contributed by atoms with van der Waals surface area (Å²) in [6.45, 7) is 4.74. The van der Waals surface area contributed by atoms with Crippen molar-refractivity contribution in [2.24, 2.45) is 5.73 Å². The molecule has 0 aliphatic rings. The zero-order chi connectivity index (χ0) is 13.3. The first-order valence-corrected chi connectivity index (χ1v) is 5.20. The van der Waals surface area contributed by atoms with E-state index in [0.717, 1.165) is 6.07 Å². The van der Waals surface area contributed by atoms with E-state index in [1.807, 2.05) is 0 Å². The van der Waals surface area contributed by atoms with Gasteiger partial charge >= 0.3 is 5.97 Å². The molecule has 0 spiro atoms. The number of nitrogens with two attached hydrogens (primary N) is 1. The zero-order valence-corrected chi connectivity index (χ0v) is 9.92. The molecule has 0 saturated heterocycles. The van der Waals surface area contributed by atoms with Gasteiger partial charge in [-0.3, -0.25) is 4.79 Å². The van der Waals surface area contributed by atoms with E-state index in [4.69, 9.17) is 10.8 Å². The standard InChI is InChI=1S/C12H15F2NO2/c1-5-4-8(13)10(14)9(6(5)2)7(3)11(15)12(16)17/h4,7,11H,15H2,1-3H3,(H,16,17)/t7-,11+/m1/s1. The van der Waals surface area contributed by atoms with E-state index < -0.39 is 29.6 Å². The van der Waals surface area contributed by atoms with Crippen molar-refractivity contribution in [2.45, 2.75) is 32.7 Å². The fourth-order valence-electron chi connectivity index (χ4n) is 1.80. The normalized spacial score (nSPS) is 14.5. The van der Waals surface area contributed by atoms with Crippen LogP contribution in [-0.2, 0) is 4.79 Å². The number of aliphatic carboxylic acids is 1. The Morgan fingerprint density at radius 1 is 1.41 bits per heavy atom. The van der Waals surface area contributed by atoms with Gasteiger partial charge in [-0.25, -0.2) is 8.78 Å². The maximum atomic E-state index is 13.7. The SMILES string of the molecule is Cc1cc(F)c(F)c([C@@H](C)[C@H](N)C(=O)O)c1C. The number of hydrogen-bond acceptors (Lipinski definition) is 2. The zero-order valence-electron chi connectivity index (χ0n) is 9.92. The van der Waals surface area contributed by atoms with Gasteiger partial charge in [-0.1, -0.05) is 6.92 Å². The van der Waals surface area contributed by atoms with Gasteiger partial charge in [-0.05, 0) is 36.6 Å². The van der Waals surface area contributed by atoms with Crippen LogP contribution in [0.1, 0.15) is 29.5 Å². The third-order valence-corrected chi connectivity index (χ3v) is 3.06. The Bertz CT molecular complexity index is 434. The number of rotatable bonds is 3. The van der Waals surface area contributed by atoms with Crippen LogP contribution in [0.2, 0.25) is 0 Å². The van der Waals surface area contributed by atoms with E-state index in [0.29, 0.717) is 11.1 Å². The molecule has 3 nitrogen and oxygen atoms in total. The summed E-state index contributed by atoms with van der Waals surface area (Å²) in [6.07, 6.45) is 0. The molecule has 5 heteroatoms. The van der Waals surface area contributed by atoms with Crippen LogP contribution < -0.4 is 5.73 Å². The molecule has 3 N–H and O–H groups in total. The number of carboxylic acid groups (broad SMARTS) is 1. The maximum Gasteiger partial charge on any atom is 0.321 e. The number of halogens is 2. The van der Waals surface area contributed by atoms with Crippen molar-refractivity contribution in [3.05, 3.63) is 34.4 Å². The molecule has 0 aliphatic heterocycles. The summed E-state index contributed by atoms with van der Waals surface area (Å²) in [5, 5.41) is 8.79. The maximum absolute atomic E-state index is 13.7. The number of aryl methyl sites for hydroxylation is 1. The van der Waals surface area contributed by atoms with Crippen molar-refractivity contribution in [3.8, 4) is 0 Å². The van der Waals surface area contributed by atoms with E-state index in [1.54, 1.807) is 13.8 Å². The number of benzene rings is 1. The predicted molar refractivity (Wildman–Crippen MR) is 59.9 cm³/mol. The Balaban J connectivity index is 3.35. The van der Waals surface area contributed by atoms with Gasteiger partial charge in [0.15, 0.2) is 11.6 Å². The summed E-state index contributed by atoms with van der Waals surface area (Å²) in [6, 6.07) is -0.169. The summed E-state index contributed by atoms with van der Waals surface area (Å²) >= 11 is 0. The second kappa shape index (κ2) is 4.79. The van der Waals surface area contributed by atoms with E-state index in [1.165, 1.54) is 6.92 Å². The average molecular weight is 243 g/mol. The average Bonchev–Trinajstić information content (AvgIpc) is 2.25. The van der Waals surface area contributed by atoms with Crippen LogP contribution in [0.25, 0.3) is 0 Å². The van der Waals surface area contributed by atoms with Crippen LogP contribution in [0.5, 0.6) is 0 Å². The number of carbonyl (C=O) groups is 1. The van der Waals surface area contributed by atoms with Crippen LogP contribution in [0, 0.1) is 25.5 Å². The lowest BCUT2D eigenvalue weighted by Crippen LogP contribution is -2.36. The number of hydrogen-bond donors (Lipinski definition) is 2. The summed E-state index contributed by atoms with van der Waals surface area (Å²) in [5.41, 5.74) is 6.59. The van der Waals surface area contributed by atoms with Crippen LogP contribution >= 0.6 is 0 Å². The van der Waals surface area contributed by atoms with Gasteiger partial charge in [0.25, 0.3) is 0 Å². The van der Waals surface area contributed by atoms with E-state index in [-0.39, 0.29) is 5.56 Å². The molecule has 0 aromatic heterocycles. The topological polar surface area (TPSA) is 63.3 Å². The minimum absolute atomic E-state index is 0.0393. The van der Waals surface area contributed by atoms with E-state index in [9.17, 15) is 13.6 Å². The van der Waals surface area contributed by atoms with Crippen LogP contribution in [0.4, 0.5) is 8.78 Å². The first-order valence-electron chi connectivity index (χ1n) is 5.20. The van der Waals surface area contributed by atoms with Crippen LogP contribution in [0.3, 0.4) is 0 Å². The molecule has 0 bridgehead atoms. The number of carboxylic acids is 1. The summed E-state index contributed by atoms with van der Waals surface area (Å²) in [7, 11) is 0. The van der Waals surface area contributed by atoms with Gasteiger partial charge in [-0.15, -0.1) is 0 Å². The monoisotopic (exact) mass is 243 g/mol. The molecule has 0 aliphatic carbocycles. The lowest BCUT2D eigenvalue weighted by Gasteiger charge is -2.20. The van der Waals surface area contributed by atoms with Crippen molar-refractivity contribution in [3.63, 3.8) is 0 Å². The first-order chi connectivity index (χ1) is 7.77. The highest BCUT2D eigenvalue weighted by Crippen LogP contribution is 2.29. The smallest absolute Gasteiger partial charge is 0.321 e. The van der Waals surface area contributed by atoms with Crippen molar-refractivity contribution >= 4 is 5.97 Å². The van der Waals surface area contributed by atoms with Crippen molar-refractivity contribution in [1.29, 1.82) is 0 Å². The van der Waals surface area contributed by atoms with Gasteiger partial charge in [0.1, 0.15) is 6.04 Å². The predicted octanol–water partition coefficient (Wildman–Crippen LogP) is 2.10. The fourth-order valence-corrected chi connectivity index (χ4v) is 1.80. The molecule has 2 atom stereocenters. The van der Waals surface area contributed by atoms with Crippen molar-refractivity contribution < 1.29 is 18.7 Å². The lowest BCUT2D eigenvalue weighted by atomic mass is 9.88. The van der Waals surface area contributed by atoms with Gasteiger partial charge < -0.3 is 10.8 Å². The Morgan fingerprint density at radius 2 is 1.94 bits per heavy atom. The molecule has 0 radical (unpaired) electrons. The Kier molecular flexibility index (Phi) is 3.83. The molecule has 1 rings (SSSR count). The summed E-state index contributed by atoms with van der Waals surface area (Å²) < 4.78 is 27.0. The molecule has 0 saturated carbocycles. The molecular formula is C12H15F2NO2. The van der Waals surface area contributed by atoms with E-state index >= 15 is 0 Å². The Hall–Kier alpha value is -1.49. The van der Waals surface area contributed by atoms with Crippen LogP contribution in [-0.4, -0.2) is 17.1 Å². The second-order valence-electron chi connectivity index (χ2n) is 4.18. The molecule has 0 heterocycles. The van der Waals surface area contributed by atoms with Gasteiger partial charge in [-0.2, -0.15) is 0 Å². The summed E-state index contributed by atoms with van der Waals surface area (Å²) in [5.74, 6) is -4.02. The minimum atomic E-state index is -1.26. The fraction of sp³-hybridized carbons (Fsp3) is 0.417. The molecule has 1 aromatic carbocycles. The lowest BCUT2D eigenvalue weighted by molar-refractivity contribution is -0.139. The minimum Gasteiger partial charge on any atom is -0.480 e. The Labute approximate surface area is 98.2 Å². The third-order valence-electron chi connectivity index (χ3n) is 3.06.